The summed E-state index contributed by atoms with van der Waals surface area (Å²) < 4.78 is 0. The van der Waals surface area contributed by atoms with E-state index in [1.807, 2.05) is 0 Å². The van der Waals surface area contributed by atoms with Crippen molar-refractivity contribution in [2.45, 2.75) is 51.9 Å². The zero-order valence-corrected chi connectivity index (χ0v) is 12.5. The van der Waals surface area contributed by atoms with Crippen molar-refractivity contribution in [2.75, 3.05) is 19.6 Å². The number of fused-ring (bicyclic) bond motifs is 1. The lowest BCUT2D eigenvalue weighted by Crippen LogP contribution is -2.57. The fourth-order valence-corrected chi connectivity index (χ4v) is 6.17. The van der Waals surface area contributed by atoms with E-state index in [4.69, 9.17) is 0 Å². The number of hydrogen-bond acceptors (Lipinski definition) is 3. The van der Waals surface area contributed by atoms with Gasteiger partial charge in [0.1, 0.15) is 11.6 Å². The van der Waals surface area contributed by atoms with Crippen LogP contribution in [0.1, 0.15) is 51.9 Å². The summed E-state index contributed by atoms with van der Waals surface area (Å²) in [5.74, 6) is 1.70. The molecule has 0 aromatic heterocycles. The summed E-state index contributed by atoms with van der Waals surface area (Å²) in [7, 11) is 0. The van der Waals surface area contributed by atoms with Crippen molar-refractivity contribution >= 4 is 11.6 Å². The van der Waals surface area contributed by atoms with Crippen molar-refractivity contribution in [3.8, 4) is 0 Å². The molecule has 0 aromatic rings. The van der Waals surface area contributed by atoms with Gasteiger partial charge in [-0.3, -0.25) is 9.59 Å². The monoisotopic (exact) mass is 275 g/mol. The maximum absolute atomic E-state index is 13.1. The molecule has 2 spiro atoms. The highest BCUT2D eigenvalue weighted by Gasteiger charge is 2.69. The van der Waals surface area contributed by atoms with Crippen LogP contribution in [0.5, 0.6) is 0 Å². The summed E-state index contributed by atoms with van der Waals surface area (Å²) in [4.78, 5) is 28.5. The molecular weight excluding hydrogens is 250 g/mol. The van der Waals surface area contributed by atoms with Gasteiger partial charge in [0, 0.05) is 24.8 Å². The number of ketones is 2. The number of hydrogen-bond donors (Lipinski definition) is 0. The summed E-state index contributed by atoms with van der Waals surface area (Å²) in [6, 6.07) is 0. The Labute approximate surface area is 121 Å². The second-order valence-electron chi connectivity index (χ2n) is 7.83. The third kappa shape index (κ3) is 1.40. The average Bonchev–Trinajstić information content (AvgIpc) is 2.55. The van der Waals surface area contributed by atoms with Gasteiger partial charge in [-0.2, -0.15) is 0 Å². The van der Waals surface area contributed by atoms with Gasteiger partial charge in [0.15, 0.2) is 0 Å². The summed E-state index contributed by atoms with van der Waals surface area (Å²) in [6.45, 7) is 5.28. The minimum Gasteiger partial charge on any atom is -0.302 e. The van der Waals surface area contributed by atoms with Crippen molar-refractivity contribution in [1.29, 1.82) is 0 Å². The fraction of sp³-hybridized carbons (Fsp3) is 0.882. The van der Waals surface area contributed by atoms with E-state index in [0.717, 1.165) is 51.7 Å². The second-order valence-corrected chi connectivity index (χ2v) is 7.83. The van der Waals surface area contributed by atoms with Gasteiger partial charge in [0.05, 0.1) is 5.41 Å². The van der Waals surface area contributed by atoms with Crippen LogP contribution >= 0.6 is 0 Å². The smallest absolute Gasteiger partial charge is 0.141 e. The molecule has 2 aliphatic carbocycles. The normalized spacial score (nSPS) is 51.4. The highest BCUT2D eigenvalue weighted by Crippen LogP contribution is 2.65. The molecule has 2 saturated heterocycles. The molecule has 2 aliphatic heterocycles. The van der Waals surface area contributed by atoms with Crippen LogP contribution in [0.3, 0.4) is 0 Å². The van der Waals surface area contributed by atoms with Gasteiger partial charge in [-0.05, 0) is 57.0 Å². The van der Waals surface area contributed by atoms with E-state index in [2.05, 4.69) is 11.8 Å². The first-order valence-corrected chi connectivity index (χ1v) is 8.37. The van der Waals surface area contributed by atoms with Gasteiger partial charge < -0.3 is 4.90 Å². The van der Waals surface area contributed by atoms with Crippen molar-refractivity contribution in [3.63, 3.8) is 0 Å². The number of rotatable bonds is 0. The van der Waals surface area contributed by atoms with Gasteiger partial charge in [-0.25, -0.2) is 0 Å². The van der Waals surface area contributed by atoms with Crippen LogP contribution < -0.4 is 0 Å². The van der Waals surface area contributed by atoms with E-state index in [-0.39, 0.29) is 10.8 Å². The molecular formula is C17H25NO2. The van der Waals surface area contributed by atoms with E-state index in [1.54, 1.807) is 0 Å². The molecule has 1 unspecified atom stereocenters. The highest BCUT2D eigenvalue weighted by atomic mass is 16.1. The number of carbonyl (C=O) groups is 2. The lowest BCUT2D eigenvalue weighted by atomic mass is 9.51. The fourth-order valence-electron chi connectivity index (χ4n) is 6.17. The van der Waals surface area contributed by atoms with E-state index < -0.39 is 0 Å². The van der Waals surface area contributed by atoms with Crippen LogP contribution in [0.15, 0.2) is 0 Å². The second kappa shape index (κ2) is 4.16. The largest absolute Gasteiger partial charge is 0.302 e. The van der Waals surface area contributed by atoms with E-state index in [9.17, 15) is 9.59 Å². The maximum atomic E-state index is 13.1. The van der Waals surface area contributed by atoms with Gasteiger partial charge in [-0.15, -0.1) is 0 Å². The van der Waals surface area contributed by atoms with Crippen LogP contribution in [0.25, 0.3) is 0 Å². The molecule has 4 fully saturated rings. The molecule has 0 N–H and O–H groups in total. The standard InChI is InChI=1S/C17H25NO2/c1-12-8-13-10-14(19)16-4-2-6-18(11-16)7-3-5-17(13,16)15(20)9-12/h12-13H,2-11H2,1H3/t12-,13-,16-,17+/m1/s1. The molecule has 2 heterocycles. The molecule has 0 radical (unpaired) electrons. The Kier molecular flexibility index (Phi) is 2.70. The zero-order chi connectivity index (χ0) is 14.0. The lowest BCUT2D eigenvalue weighted by Gasteiger charge is -2.51. The summed E-state index contributed by atoms with van der Waals surface area (Å²) >= 11 is 0. The average molecular weight is 275 g/mol. The van der Waals surface area contributed by atoms with Crippen LogP contribution in [0.2, 0.25) is 0 Å². The summed E-state index contributed by atoms with van der Waals surface area (Å²) in [6.07, 6.45) is 6.65. The van der Waals surface area contributed by atoms with E-state index in [0.29, 0.717) is 36.2 Å². The van der Waals surface area contributed by atoms with Crippen LogP contribution in [-0.2, 0) is 9.59 Å². The van der Waals surface area contributed by atoms with Crippen molar-refractivity contribution < 1.29 is 9.59 Å². The third-order valence-corrected chi connectivity index (χ3v) is 6.85. The summed E-state index contributed by atoms with van der Waals surface area (Å²) in [5, 5.41) is 0. The van der Waals surface area contributed by atoms with Crippen molar-refractivity contribution in [3.05, 3.63) is 0 Å². The molecule has 5 atom stereocenters. The Bertz CT molecular complexity index is 474. The minimum atomic E-state index is -0.302. The SMILES string of the molecule is C[C@H]1CC(=O)[C@@]23CCCN4CCC[C@@]2(C4)C(=O)C[C@H]3C1. The number of nitrogens with zero attached hydrogens (tertiary/aromatic N) is 1. The number of piperidine rings is 1. The first-order valence-electron chi connectivity index (χ1n) is 8.37. The molecule has 4 rings (SSSR count). The Morgan fingerprint density at radius 2 is 1.80 bits per heavy atom. The molecule has 0 amide bonds. The number of Topliss-reactive ketones (excluding diaryl/α,β-unsaturated/α-hetero) is 2. The van der Waals surface area contributed by atoms with Gasteiger partial charge >= 0.3 is 0 Å². The minimum absolute atomic E-state index is 0.272. The molecule has 2 saturated carbocycles. The first-order chi connectivity index (χ1) is 9.58. The van der Waals surface area contributed by atoms with Crippen LogP contribution in [0.4, 0.5) is 0 Å². The molecule has 0 aromatic carbocycles. The summed E-state index contributed by atoms with van der Waals surface area (Å²) in [5.41, 5.74) is -0.574. The molecule has 110 valence electrons. The van der Waals surface area contributed by atoms with Gasteiger partial charge in [0.2, 0.25) is 0 Å². The van der Waals surface area contributed by atoms with Crippen molar-refractivity contribution in [2.24, 2.45) is 22.7 Å². The van der Waals surface area contributed by atoms with E-state index in [1.165, 1.54) is 0 Å². The van der Waals surface area contributed by atoms with Crippen LogP contribution in [-0.4, -0.2) is 36.1 Å². The quantitative estimate of drug-likeness (QED) is 0.681. The Morgan fingerprint density at radius 1 is 1.05 bits per heavy atom. The van der Waals surface area contributed by atoms with E-state index >= 15 is 0 Å². The predicted octanol–water partition coefficient (Wildman–Crippen LogP) is 2.44. The van der Waals surface area contributed by atoms with Gasteiger partial charge in [-0.1, -0.05) is 6.92 Å². The maximum Gasteiger partial charge on any atom is 0.141 e. The third-order valence-electron chi connectivity index (χ3n) is 6.85. The highest BCUT2D eigenvalue weighted by molar-refractivity contribution is 6.00. The molecule has 2 bridgehead atoms. The predicted molar refractivity (Wildman–Crippen MR) is 76.3 cm³/mol. The molecule has 4 aliphatic rings. The topological polar surface area (TPSA) is 37.4 Å². The number of carbonyl (C=O) groups excluding carboxylic acids is 2. The Morgan fingerprint density at radius 3 is 2.60 bits per heavy atom. The molecule has 3 nitrogen and oxygen atoms in total. The Balaban J connectivity index is 1.86. The molecule has 20 heavy (non-hydrogen) atoms. The first kappa shape index (κ1) is 13.0. The zero-order valence-electron chi connectivity index (χ0n) is 12.5. The van der Waals surface area contributed by atoms with Crippen LogP contribution in [0, 0.1) is 22.7 Å². The van der Waals surface area contributed by atoms with Gasteiger partial charge in [0.25, 0.3) is 0 Å². The van der Waals surface area contributed by atoms with Crippen molar-refractivity contribution in [1.82, 2.24) is 4.90 Å². The lowest BCUT2D eigenvalue weighted by molar-refractivity contribution is -0.153. The Hall–Kier alpha value is -0.700. The molecule has 3 heteroatoms.